The highest BCUT2D eigenvalue weighted by atomic mass is 35.5. The molecule has 0 saturated heterocycles. The molecule has 0 heterocycles. The normalized spacial score (nSPS) is 12.4. The maximum absolute atomic E-state index is 11.4. The Morgan fingerprint density at radius 2 is 2.12 bits per heavy atom. The van der Waals surface area contributed by atoms with Gasteiger partial charge in [0.1, 0.15) is 6.61 Å². The summed E-state index contributed by atoms with van der Waals surface area (Å²) in [6.45, 7) is 3.88. The molecule has 1 N–H and O–H groups in total. The molecule has 102 valence electrons. The summed E-state index contributed by atoms with van der Waals surface area (Å²) in [5.41, 5.74) is 0. The van der Waals surface area contributed by atoms with Crippen molar-refractivity contribution in [2.24, 2.45) is 5.92 Å². The fraction of sp³-hybridized carbons (Fsp3) is 0.917. The minimum atomic E-state index is -0.0724. The van der Waals surface area contributed by atoms with Crippen LogP contribution in [-0.2, 0) is 14.3 Å². The molecule has 0 aromatic carbocycles. The molecule has 4 nitrogen and oxygen atoms in total. The second kappa shape index (κ2) is 12.1. The number of ether oxygens (including phenoxy) is 2. The predicted octanol–water partition coefficient (Wildman–Crippen LogP) is 1.81. The lowest BCUT2D eigenvalue weighted by molar-refractivity contribution is -0.126. The largest absolute Gasteiger partial charge is 0.382 e. The molecule has 1 unspecified atom stereocenters. The number of rotatable bonds is 11. The molecule has 0 spiro atoms. The number of hydrogen-bond donors (Lipinski definition) is 1. The van der Waals surface area contributed by atoms with Gasteiger partial charge in [0.25, 0.3) is 0 Å². The molecule has 1 atom stereocenters. The van der Waals surface area contributed by atoms with E-state index in [0.29, 0.717) is 31.6 Å². The fourth-order valence-electron chi connectivity index (χ4n) is 1.53. The number of methoxy groups -OCH3 is 1. The molecule has 0 aliphatic heterocycles. The SMILES string of the molecule is CCCC(CCCl)CNC(=O)COCCOC. The summed E-state index contributed by atoms with van der Waals surface area (Å²) in [5.74, 6) is 1.04. The number of hydrogen-bond acceptors (Lipinski definition) is 3. The molecule has 0 aromatic heterocycles. The minimum absolute atomic E-state index is 0.0724. The van der Waals surface area contributed by atoms with Crippen LogP contribution in [0.2, 0.25) is 0 Å². The Morgan fingerprint density at radius 3 is 2.71 bits per heavy atom. The molecule has 0 fully saturated rings. The third-order valence-electron chi connectivity index (χ3n) is 2.47. The Bertz CT molecular complexity index is 185. The summed E-state index contributed by atoms with van der Waals surface area (Å²) in [6, 6.07) is 0. The highest BCUT2D eigenvalue weighted by Crippen LogP contribution is 2.10. The monoisotopic (exact) mass is 265 g/mol. The quantitative estimate of drug-likeness (QED) is 0.458. The van der Waals surface area contributed by atoms with E-state index in [1.54, 1.807) is 7.11 Å². The first-order valence-corrected chi connectivity index (χ1v) is 6.67. The Hall–Kier alpha value is -0.320. The zero-order chi connectivity index (χ0) is 12.9. The second-order valence-electron chi connectivity index (χ2n) is 3.98. The van der Waals surface area contributed by atoms with Gasteiger partial charge in [0.2, 0.25) is 5.91 Å². The van der Waals surface area contributed by atoms with Crippen LogP contribution in [0.4, 0.5) is 0 Å². The summed E-state index contributed by atoms with van der Waals surface area (Å²) in [6.07, 6.45) is 3.15. The highest BCUT2D eigenvalue weighted by molar-refractivity contribution is 6.17. The van der Waals surface area contributed by atoms with E-state index >= 15 is 0 Å². The molecule has 0 saturated carbocycles. The first-order chi connectivity index (χ1) is 8.24. The molecule has 0 bridgehead atoms. The van der Waals surface area contributed by atoms with Crippen LogP contribution >= 0.6 is 11.6 Å². The Balaban J connectivity index is 3.57. The highest BCUT2D eigenvalue weighted by Gasteiger charge is 2.09. The van der Waals surface area contributed by atoms with Gasteiger partial charge < -0.3 is 14.8 Å². The van der Waals surface area contributed by atoms with Crippen molar-refractivity contribution in [2.75, 3.05) is 39.4 Å². The van der Waals surface area contributed by atoms with E-state index in [9.17, 15) is 4.79 Å². The second-order valence-corrected chi connectivity index (χ2v) is 4.36. The van der Waals surface area contributed by atoms with Gasteiger partial charge in [-0.2, -0.15) is 0 Å². The van der Waals surface area contributed by atoms with Gasteiger partial charge in [-0.25, -0.2) is 0 Å². The van der Waals surface area contributed by atoms with E-state index in [1.807, 2.05) is 0 Å². The molecule has 1 amide bonds. The van der Waals surface area contributed by atoms with E-state index in [-0.39, 0.29) is 12.5 Å². The van der Waals surface area contributed by atoms with Crippen molar-refractivity contribution in [2.45, 2.75) is 26.2 Å². The maximum atomic E-state index is 11.4. The first-order valence-electron chi connectivity index (χ1n) is 6.13. The third-order valence-corrected chi connectivity index (χ3v) is 2.69. The van der Waals surface area contributed by atoms with Gasteiger partial charge >= 0.3 is 0 Å². The summed E-state index contributed by atoms with van der Waals surface area (Å²) in [4.78, 5) is 11.4. The molecule has 0 radical (unpaired) electrons. The van der Waals surface area contributed by atoms with Crippen LogP contribution in [0.15, 0.2) is 0 Å². The Morgan fingerprint density at radius 1 is 1.35 bits per heavy atom. The molecule has 17 heavy (non-hydrogen) atoms. The van der Waals surface area contributed by atoms with Gasteiger partial charge in [0.05, 0.1) is 13.2 Å². The number of alkyl halides is 1. The van der Waals surface area contributed by atoms with Crippen LogP contribution < -0.4 is 5.32 Å². The topological polar surface area (TPSA) is 47.6 Å². The average Bonchev–Trinajstić information content (AvgIpc) is 2.32. The van der Waals surface area contributed by atoms with Crippen LogP contribution in [0.1, 0.15) is 26.2 Å². The number of carbonyl (C=O) groups is 1. The molecule has 0 rings (SSSR count). The van der Waals surface area contributed by atoms with Crippen LogP contribution in [0.5, 0.6) is 0 Å². The van der Waals surface area contributed by atoms with E-state index in [2.05, 4.69) is 12.2 Å². The number of halogens is 1. The van der Waals surface area contributed by atoms with Crippen molar-refractivity contribution in [3.05, 3.63) is 0 Å². The van der Waals surface area contributed by atoms with Crippen molar-refractivity contribution in [1.82, 2.24) is 5.32 Å². The lowest BCUT2D eigenvalue weighted by atomic mass is 10.0. The maximum Gasteiger partial charge on any atom is 0.246 e. The number of amides is 1. The van der Waals surface area contributed by atoms with Gasteiger partial charge in [-0.05, 0) is 18.8 Å². The lowest BCUT2D eigenvalue weighted by Gasteiger charge is -2.15. The first kappa shape index (κ1) is 16.7. The zero-order valence-corrected chi connectivity index (χ0v) is 11.6. The van der Waals surface area contributed by atoms with Crippen molar-refractivity contribution in [3.63, 3.8) is 0 Å². The van der Waals surface area contributed by atoms with Gasteiger partial charge in [-0.3, -0.25) is 4.79 Å². The number of carbonyl (C=O) groups excluding carboxylic acids is 1. The summed E-state index contributed by atoms with van der Waals surface area (Å²) >= 11 is 5.71. The van der Waals surface area contributed by atoms with Crippen LogP contribution in [-0.4, -0.2) is 45.3 Å². The van der Waals surface area contributed by atoms with Gasteiger partial charge in [-0.1, -0.05) is 13.3 Å². The summed E-state index contributed by atoms with van der Waals surface area (Å²) in [5, 5.41) is 2.87. The standard InChI is InChI=1S/C12H24ClNO3/c1-3-4-11(5-6-13)9-14-12(15)10-17-8-7-16-2/h11H,3-10H2,1-2H3,(H,14,15). The molecular weight excluding hydrogens is 242 g/mol. The number of nitrogens with one attached hydrogen (secondary N) is 1. The van der Waals surface area contributed by atoms with Crippen LogP contribution in [0.3, 0.4) is 0 Å². The van der Waals surface area contributed by atoms with Gasteiger partial charge in [0, 0.05) is 19.5 Å². The zero-order valence-electron chi connectivity index (χ0n) is 10.8. The fourth-order valence-corrected chi connectivity index (χ4v) is 1.84. The lowest BCUT2D eigenvalue weighted by Crippen LogP contribution is -2.32. The van der Waals surface area contributed by atoms with Crippen molar-refractivity contribution in [1.29, 1.82) is 0 Å². The van der Waals surface area contributed by atoms with Gasteiger partial charge in [0.15, 0.2) is 0 Å². The van der Waals surface area contributed by atoms with Gasteiger partial charge in [-0.15, -0.1) is 11.6 Å². The molecular formula is C12H24ClNO3. The summed E-state index contributed by atoms with van der Waals surface area (Å²) < 4.78 is 9.94. The summed E-state index contributed by atoms with van der Waals surface area (Å²) in [7, 11) is 1.60. The van der Waals surface area contributed by atoms with Crippen LogP contribution in [0, 0.1) is 5.92 Å². The van der Waals surface area contributed by atoms with E-state index in [4.69, 9.17) is 21.1 Å². The molecule has 0 aromatic rings. The predicted molar refractivity (Wildman–Crippen MR) is 69.4 cm³/mol. The van der Waals surface area contributed by atoms with Crippen LogP contribution in [0.25, 0.3) is 0 Å². The molecule has 5 heteroatoms. The van der Waals surface area contributed by atoms with Crippen molar-refractivity contribution < 1.29 is 14.3 Å². The Labute approximate surface area is 109 Å². The van der Waals surface area contributed by atoms with Crippen molar-refractivity contribution >= 4 is 17.5 Å². The minimum Gasteiger partial charge on any atom is -0.382 e. The van der Waals surface area contributed by atoms with Crippen molar-refractivity contribution in [3.8, 4) is 0 Å². The van der Waals surface area contributed by atoms with E-state index < -0.39 is 0 Å². The molecule has 0 aliphatic rings. The van der Waals surface area contributed by atoms with E-state index in [1.165, 1.54) is 0 Å². The molecule has 0 aliphatic carbocycles. The average molecular weight is 266 g/mol. The third kappa shape index (κ3) is 10.5. The Kier molecular flexibility index (Phi) is 11.9. The smallest absolute Gasteiger partial charge is 0.246 e. The van der Waals surface area contributed by atoms with E-state index in [0.717, 1.165) is 19.3 Å².